The van der Waals surface area contributed by atoms with Crippen LogP contribution in [0.3, 0.4) is 0 Å². The number of hydrogen-bond acceptors (Lipinski definition) is 3. The summed E-state index contributed by atoms with van der Waals surface area (Å²) in [7, 11) is -5.94. The highest BCUT2D eigenvalue weighted by atomic mass is 32.2. The number of alkyl halides is 3. The Labute approximate surface area is 124 Å². The van der Waals surface area contributed by atoms with Gasteiger partial charge in [0.15, 0.2) is 10.7 Å². The SMILES string of the molecule is C[S+]1CCC/C1=C(/OS(=O)(=O)C(F)(F)F)c1ccccc1. The lowest BCUT2D eigenvalue weighted by atomic mass is 10.1. The maximum Gasteiger partial charge on any atom is 0.534 e. The molecule has 0 amide bonds. The first-order valence-corrected chi connectivity index (χ1v) is 9.35. The Kier molecular flexibility index (Phi) is 4.57. The van der Waals surface area contributed by atoms with Gasteiger partial charge in [0.05, 0.1) is 0 Å². The first kappa shape index (κ1) is 16.2. The first-order chi connectivity index (χ1) is 9.72. The second-order valence-electron chi connectivity index (χ2n) is 4.55. The van der Waals surface area contributed by atoms with Crippen molar-refractivity contribution in [2.24, 2.45) is 0 Å². The normalized spacial score (nSPS) is 22.2. The predicted molar refractivity (Wildman–Crippen MR) is 76.8 cm³/mol. The monoisotopic (exact) mass is 339 g/mol. The van der Waals surface area contributed by atoms with Crippen molar-refractivity contribution in [1.29, 1.82) is 0 Å². The van der Waals surface area contributed by atoms with Gasteiger partial charge < -0.3 is 4.18 Å². The van der Waals surface area contributed by atoms with E-state index in [1.165, 1.54) is 0 Å². The molecule has 1 heterocycles. The van der Waals surface area contributed by atoms with Gasteiger partial charge in [-0.3, -0.25) is 0 Å². The Morgan fingerprint density at radius 3 is 2.33 bits per heavy atom. The summed E-state index contributed by atoms with van der Waals surface area (Å²) < 4.78 is 64.8. The van der Waals surface area contributed by atoms with E-state index in [-0.39, 0.29) is 16.7 Å². The molecule has 1 aliphatic heterocycles. The Bertz CT molecular complexity index is 636. The maximum atomic E-state index is 12.6. The zero-order chi connectivity index (χ0) is 15.7. The van der Waals surface area contributed by atoms with Crippen LogP contribution in [0.15, 0.2) is 35.2 Å². The van der Waals surface area contributed by atoms with Crippen LogP contribution in [-0.4, -0.2) is 25.9 Å². The summed E-state index contributed by atoms with van der Waals surface area (Å²) in [5.41, 5.74) is -5.08. The molecule has 1 saturated heterocycles. The highest BCUT2D eigenvalue weighted by Gasteiger charge is 2.50. The van der Waals surface area contributed by atoms with E-state index >= 15 is 0 Å². The lowest BCUT2D eigenvalue weighted by Gasteiger charge is -2.13. The highest BCUT2D eigenvalue weighted by Crippen LogP contribution is 2.37. The van der Waals surface area contributed by atoms with Gasteiger partial charge in [0.25, 0.3) is 0 Å². The maximum absolute atomic E-state index is 12.6. The molecule has 1 aromatic rings. The van der Waals surface area contributed by atoms with Gasteiger partial charge in [0.1, 0.15) is 12.0 Å². The summed E-state index contributed by atoms with van der Waals surface area (Å²) >= 11 is 0. The molecular weight excluding hydrogens is 325 g/mol. The minimum atomic E-state index is -5.66. The number of halogens is 3. The third-order valence-electron chi connectivity index (χ3n) is 3.04. The molecule has 3 nitrogen and oxygen atoms in total. The van der Waals surface area contributed by atoms with Crippen molar-refractivity contribution in [3.8, 4) is 0 Å². The average molecular weight is 339 g/mol. The van der Waals surface area contributed by atoms with Gasteiger partial charge in [0, 0.05) is 29.3 Å². The van der Waals surface area contributed by atoms with Crippen molar-refractivity contribution in [1.82, 2.24) is 0 Å². The summed E-state index contributed by atoms with van der Waals surface area (Å²) in [6.07, 6.45) is 3.26. The van der Waals surface area contributed by atoms with Gasteiger partial charge >= 0.3 is 15.6 Å². The van der Waals surface area contributed by atoms with E-state index < -0.39 is 15.6 Å². The molecule has 0 aliphatic carbocycles. The zero-order valence-electron chi connectivity index (χ0n) is 11.2. The minimum Gasteiger partial charge on any atom is -0.370 e. The molecule has 1 fully saturated rings. The molecule has 0 N–H and O–H groups in total. The molecule has 1 aromatic carbocycles. The van der Waals surface area contributed by atoms with Crippen LogP contribution < -0.4 is 0 Å². The van der Waals surface area contributed by atoms with Crippen molar-refractivity contribution in [2.75, 3.05) is 12.0 Å². The third-order valence-corrected chi connectivity index (χ3v) is 6.13. The van der Waals surface area contributed by atoms with E-state index in [4.69, 9.17) is 0 Å². The van der Waals surface area contributed by atoms with Crippen molar-refractivity contribution >= 4 is 26.8 Å². The predicted octanol–water partition coefficient (Wildman–Crippen LogP) is 3.26. The molecule has 116 valence electrons. The second-order valence-corrected chi connectivity index (χ2v) is 8.26. The molecule has 0 aromatic heterocycles. The topological polar surface area (TPSA) is 43.4 Å². The van der Waals surface area contributed by atoms with Crippen LogP contribution >= 0.6 is 0 Å². The molecule has 0 radical (unpaired) electrons. The number of allylic oxidation sites excluding steroid dienone is 1. The van der Waals surface area contributed by atoms with Crippen LogP contribution in [0, 0.1) is 0 Å². The first-order valence-electron chi connectivity index (χ1n) is 6.14. The summed E-state index contributed by atoms with van der Waals surface area (Å²) in [5.74, 6) is 0.664. The van der Waals surface area contributed by atoms with E-state index in [1.807, 2.05) is 6.26 Å². The summed E-state index contributed by atoms with van der Waals surface area (Å²) in [4.78, 5) is 0.647. The summed E-state index contributed by atoms with van der Waals surface area (Å²) in [6.45, 7) is 0. The Hall–Kier alpha value is -1.15. The molecule has 0 bridgehead atoms. The van der Waals surface area contributed by atoms with Crippen molar-refractivity contribution in [2.45, 2.75) is 18.3 Å². The van der Waals surface area contributed by atoms with Gasteiger partial charge in [0.2, 0.25) is 0 Å². The molecule has 1 aliphatic rings. The molecule has 2 rings (SSSR count). The average Bonchev–Trinajstić information content (AvgIpc) is 2.82. The minimum absolute atomic E-state index is 0.170. The fourth-order valence-electron chi connectivity index (χ4n) is 2.02. The Morgan fingerprint density at radius 2 is 1.86 bits per heavy atom. The van der Waals surface area contributed by atoms with Crippen molar-refractivity contribution < 1.29 is 25.8 Å². The van der Waals surface area contributed by atoms with E-state index in [9.17, 15) is 21.6 Å². The smallest absolute Gasteiger partial charge is 0.370 e. The van der Waals surface area contributed by atoms with Crippen LogP contribution in [-0.2, 0) is 25.2 Å². The van der Waals surface area contributed by atoms with Crippen LogP contribution in [0.1, 0.15) is 18.4 Å². The molecule has 8 heteroatoms. The van der Waals surface area contributed by atoms with Crippen LogP contribution in [0.5, 0.6) is 0 Å². The van der Waals surface area contributed by atoms with Crippen molar-refractivity contribution in [3.63, 3.8) is 0 Å². The van der Waals surface area contributed by atoms with Gasteiger partial charge in [-0.1, -0.05) is 30.3 Å². The lowest BCUT2D eigenvalue weighted by Crippen LogP contribution is -2.25. The fourth-order valence-corrected chi connectivity index (χ4v) is 4.38. The molecule has 1 unspecified atom stereocenters. The van der Waals surface area contributed by atoms with Crippen molar-refractivity contribution in [3.05, 3.63) is 40.8 Å². The van der Waals surface area contributed by atoms with E-state index in [1.54, 1.807) is 30.3 Å². The summed E-state index contributed by atoms with van der Waals surface area (Å²) in [5, 5.41) is 0. The highest BCUT2D eigenvalue weighted by molar-refractivity contribution is 8.00. The quantitative estimate of drug-likeness (QED) is 0.367. The second kappa shape index (κ2) is 5.92. The number of hydrogen-bond donors (Lipinski definition) is 0. The van der Waals surface area contributed by atoms with Gasteiger partial charge in [-0.15, -0.1) is 0 Å². The van der Waals surface area contributed by atoms with Gasteiger partial charge in [-0.05, 0) is 0 Å². The van der Waals surface area contributed by atoms with E-state index in [0.717, 1.165) is 12.2 Å². The van der Waals surface area contributed by atoms with Crippen LogP contribution in [0.4, 0.5) is 13.2 Å². The third kappa shape index (κ3) is 3.55. The van der Waals surface area contributed by atoms with Crippen LogP contribution in [0.25, 0.3) is 5.76 Å². The van der Waals surface area contributed by atoms with Crippen LogP contribution in [0.2, 0.25) is 0 Å². The molecule has 1 atom stereocenters. The molecular formula is C13H14F3O3S2+. The molecule has 0 spiro atoms. The largest absolute Gasteiger partial charge is 0.534 e. The summed E-state index contributed by atoms with van der Waals surface area (Å²) in [6, 6.07) is 8.04. The van der Waals surface area contributed by atoms with E-state index in [0.29, 0.717) is 16.9 Å². The molecule has 0 saturated carbocycles. The fraction of sp³-hybridized carbons (Fsp3) is 0.385. The lowest BCUT2D eigenvalue weighted by molar-refractivity contribution is -0.0509. The Balaban J connectivity index is 2.49. The van der Waals surface area contributed by atoms with Gasteiger partial charge in [-0.2, -0.15) is 21.6 Å². The van der Waals surface area contributed by atoms with Gasteiger partial charge in [-0.25, -0.2) is 0 Å². The standard InChI is InChI=1S/C13H14F3O3S2/c1-20-9-5-8-11(20)12(10-6-3-2-4-7-10)19-21(17,18)13(14,15)16/h2-4,6-7H,5,8-9H2,1H3/q+1/b12-11-. The Morgan fingerprint density at radius 1 is 1.24 bits per heavy atom. The molecule has 21 heavy (non-hydrogen) atoms. The number of benzene rings is 1. The van der Waals surface area contributed by atoms with E-state index in [2.05, 4.69) is 4.18 Å². The number of rotatable bonds is 3. The zero-order valence-corrected chi connectivity index (χ0v) is 12.8.